The number of carboxylic acids is 1. The molecule has 0 aromatic heterocycles. The highest BCUT2D eigenvalue weighted by atomic mass is 79.9. The molecule has 3 rings (SSSR count). The first-order valence-electron chi connectivity index (χ1n) is 15.0. The van der Waals surface area contributed by atoms with Crippen molar-refractivity contribution in [2.75, 3.05) is 13.1 Å². The standard InChI is InChI=1S/C31H36Br2N4O5.C2HF3O2/c32-24-17-23(18-25(33)28(24)38)19-26(34)29(39)37-27(30(40)35-16-14-21-9-3-1-4-10-21)13-7-8-15-36-31(41)42-20-22-11-5-2-6-12-22;3-2(4,5)1(6)7/h1-6,9-12,17-18,26-27,38H,7-8,13-16,19-20,34H2,(H,35,40)(H,36,41)(H,37,39);(H,6,7)/t26-,27+;/m0./s1. The number of alkyl carbamates (subject to hydrolysis) is 1. The van der Waals surface area contributed by atoms with Crippen LogP contribution in [0.4, 0.5) is 18.0 Å². The minimum atomic E-state index is -5.08. The number of hydrogen-bond acceptors (Lipinski definition) is 7. The monoisotopic (exact) mass is 816 g/mol. The maximum Gasteiger partial charge on any atom is 0.490 e. The first kappa shape index (κ1) is 41.0. The summed E-state index contributed by atoms with van der Waals surface area (Å²) >= 11 is 6.57. The van der Waals surface area contributed by atoms with Crippen LogP contribution in [0, 0.1) is 0 Å². The molecule has 3 aromatic rings. The van der Waals surface area contributed by atoms with E-state index in [0.717, 1.165) is 16.7 Å². The predicted molar refractivity (Wildman–Crippen MR) is 182 cm³/mol. The summed E-state index contributed by atoms with van der Waals surface area (Å²) in [5, 5.41) is 25.5. The molecule has 0 aliphatic heterocycles. The SMILES string of the molecule is N[C@@H](Cc1cc(Br)c(O)c(Br)c1)C(=O)N[C@H](CCCCNC(=O)OCc1ccccc1)C(=O)NCCc1ccccc1.O=C(O)C(F)(F)F. The van der Waals surface area contributed by atoms with Crippen LogP contribution in [0.15, 0.2) is 81.7 Å². The number of amides is 3. The van der Waals surface area contributed by atoms with Crippen molar-refractivity contribution in [3.63, 3.8) is 0 Å². The van der Waals surface area contributed by atoms with E-state index in [-0.39, 0.29) is 24.7 Å². The second kappa shape index (κ2) is 21.0. The summed E-state index contributed by atoms with van der Waals surface area (Å²) in [7, 11) is 0. The Balaban J connectivity index is 0.00000107. The van der Waals surface area contributed by atoms with E-state index in [1.807, 2.05) is 60.7 Å². The molecule has 7 N–H and O–H groups in total. The predicted octanol–water partition coefficient (Wildman–Crippen LogP) is 5.36. The van der Waals surface area contributed by atoms with Gasteiger partial charge in [-0.1, -0.05) is 60.7 Å². The molecule has 0 bridgehead atoms. The maximum absolute atomic E-state index is 13.1. The van der Waals surface area contributed by atoms with Gasteiger partial charge in [-0.3, -0.25) is 9.59 Å². The van der Waals surface area contributed by atoms with Gasteiger partial charge in [-0.05, 0) is 92.8 Å². The summed E-state index contributed by atoms with van der Waals surface area (Å²) in [4.78, 5) is 47.0. The van der Waals surface area contributed by atoms with Gasteiger partial charge in [-0.15, -0.1) is 0 Å². The third kappa shape index (κ3) is 16.2. The van der Waals surface area contributed by atoms with Crippen LogP contribution in [0.25, 0.3) is 0 Å². The van der Waals surface area contributed by atoms with Crippen LogP contribution in [0.3, 0.4) is 0 Å². The Labute approximate surface area is 298 Å². The lowest BCUT2D eigenvalue weighted by Gasteiger charge is -2.21. The molecule has 266 valence electrons. The number of ether oxygens (including phenoxy) is 1. The molecule has 11 nitrogen and oxygen atoms in total. The summed E-state index contributed by atoms with van der Waals surface area (Å²) in [5.74, 6) is -3.45. The van der Waals surface area contributed by atoms with Crippen LogP contribution >= 0.6 is 31.9 Å². The van der Waals surface area contributed by atoms with Crippen molar-refractivity contribution < 1.29 is 47.3 Å². The van der Waals surface area contributed by atoms with Crippen LogP contribution in [0.1, 0.15) is 36.0 Å². The largest absolute Gasteiger partial charge is 0.506 e. The number of halogens is 5. The molecule has 0 aliphatic rings. The molecule has 0 unspecified atom stereocenters. The molecular weight excluding hydrogens is 781 g/mol. The number of hydrogen-bond donors (Lipinski definition) is 6. The smallest absolute Gasteiger partial charge is 0.490 e. The number of nitrogens with two attached hydrogens (primary N) is 1. The molecule has 3 aromatic carbocycles. The highest BCUT2D eigenvalue weighted by Crippen LogP contribution is 2.33. The highest BCUT2D eigenvalue weighted by Gasteiger charge is 2.38. The van der Waals surface area contributed by atoms with E-state index in [1.54, 1.807) is 12.1 Å². The van der Waals surface area contributed by atoms with Crippen LogP contribution in [-0.4, -0.2) is 65.4 Å². The number of carbonyl (C=O) groups is 4. The Kier molecular flexibility index (Phi) is 17.6. The summed E-state index contributed by atoms with van der Waals surface area (Å²) in [6.45, 7) is 0.974. The number of carboxylic acid groups (broad SMARTS) is 1. The fraction of sp³-hybridized carbons (Fsp3) is 0.333. The van der Waals surface area contributed by atoms with Crippen molar-refractivity contribution in [2.24, 2.45) is 5.73 Å². The summed E-state index contributed by atoms with van der Waals surface area (Å²) < 4.78 is 37.9. The van der Waals surface area contributed by atoms with Gasteiger partial charge in [0.05, 0.1) is 15.0 Å². The van der Waals surface area contributed by atoms with E-state index in [1.165, 1.54) is 0 Å². The van der Waals surface area contributed by atoms with Crippen molar-refractivity contribution in [1.82, 2.24) is 16.0 Å². The van der Waals surface area contributed by atoms with Gasteiger partial charge < -0.3 is 36.6 Å². The lowest BCUT2D eigenvalue weighted by molar-refractivity contribution is -0.192. The number of rotatable bonds is 15. The van der Waals surface area contributed by atoms with Crippen molar-refractivity contribution in [3.8, 4) is 5.75 Å². The molecule has 0 fully saturated rings. The molecule has 0 heterocycles. The average molecular weight is 818 g/mol. The van der Waals surface area contributed by atoms with Crippen molar-refractivity contribution in [3.05, 3.63) is 98.4 Å². The molecule has 0 saturated carbocycles. The number of benzene rings is 3. The van der Waals surface area contributed by atoms with Gasteiger partial charge in [0, 0.05) is 13.1 Å². The number of phenols is 1. The fourth-order valence-corrected chi connectivity index (χ4v) is 5.45. The minimum absolute atomic E-state index is 0.0583. The van der Waals surface area contributed by atoms with Crippen molar-refractivity contribution >= 4 is 55.7 Å². The minimum Gasteiger partial charge on any atom is -0.506 e. The zero-order valence-corrected chi connectivity index (χ0v) is 29.3. The number of unbranched alkanes of at least 4 members (excludes halogenated alkanes) is 1. The third-order valence-electron chi connectivity index (χ3n) is 6.70. The molecule has 2 atom stereocenters. The number of nitrogens with one attached hydrogen (secondary N) is 3. The summed E-state index contributed by atoms with van der Waals surface area (Å²) in [6.07, 6.45) is -3.20. The van der Waals surface area contributed by atoms with Crippen molar-refractivity contribution in [2.45, 2.75) is 57.0 Å². The first-order chi connectivity index (χ1) is 23.2. The van der Waals surface area contributed by atoms with E-state index in [2.05, 4.69) is 47.8 Å². The first-order valence-corrected chi connectivity index (χ1v) is 16.5. The summed E-state index contributed by atoms with van der Waals surface area (Å²) in [5.41, 5.74) is 8.92. The van der Waals surface area contributed by atoms with E-state index < -0.39 is 36.2 Å². The average Bonchev–Trinajstić information content (AvgIpc) is 3.06. The number of aliphatic carboxylic acids is 1. The van der Waals surface area contributed by atoms with E-state index in [9.17, 15) is 32.7 Å². The van der Waals surface area contributed by atoms with Gasteiger partial charge in [0.1, 0.15) is 18.4 Å². The van der Waals surface area contributed by atoms with Gasteiger partial charge in [0.2, 0.25) is 11.8 Å². The zero-order chi connectivity index (χ0) is 36.4. The molecule has 0 aliphatic carbocycles. The topological polar surface area (TPSA) is 180 Å². The highest BCUT2D eigenvalue weighted by molar-refractivity contribution is 9.11. The lowest BCUT2D eigenvalue weighted by atomic mass is 10.0. The van der Waals surface area contributed by atoms with Crippen LogP contribution in [-0.2, 0) is 38.6 Å². The van der Waals surface area contributed by atoms with Gasteiger partial charge >= 0.3 is 18.2 Å². The zero-order valence-electron chi connectivity index (χ0n) is 26.1. The van der Waals surface area contributed by atoms with Crippen LogP contribution < -0.4 is 21.7 Å². The van der Waals surface area contributed by atoms with Gasteiger partial charge in [-0.2, -0.15) is 13.2 Å². The molecule has 16 heteroatoms. The number of aromatic hydroxyl groups is 1. The third-order valence-corrected chi connectivity index (χ3v) is 7.91. The van der Waals surface area contributed by atoms with Crippen LogP contribution in [0.2, 0.25) is 0 Å². The lowest BCUT2D eigenvalue weighted by Crippen LogP contribution is -2.52. The Morgan fingerprint density at radius 1 is 0.816 bits per heavy atom. The van der Waals surface area contributed by atoms with Gasteiger partial charge in [0.15, 0.2) is 0 Å². The Morgan fingerprint density at radius 2 is 1.37 bits per heavy atom. The fourth-order valence-electron chi connectivity index (χ4n) is 4.17. The Morgan fingerprint density at radius 3 is 1.92 bits per heavy atom. The molecule has 0 spiro atoms. The molecule has 3 amide bonds. The molecule has 49 heavy (non-hydrogen) atoms. The molecule has 0 radical (unpaired) electrons. The van der Waals surface area contributed by atoms with E-state index >= 15 is 0 Å². The normalized spacial score (nSPS) is 12.0. The second-order valence-electron chi connectivity index (χ2n) is 10.6. The number of carbonyl (C=O) groups excluding carboxylic acids is 3. The Hall–Kier alpha value is -4.15. The van der Waals surface area contributed by atoms with Gasteiger partial charge in [-0.25, -0.2) is 9.59 Å². The van der Waals surface area contributed by atoms with Crippen molar-refractivity contribution in [1.29, 1.82) is 0 Å². The number of phenolic OH excluding ortho intramolecular Hbond substituents is 1. The van der Waals surface area contributed by atoms with Crippen LogP contribution in [0.5, 0.6) is 5.75 Å². The quantitative estimate of drug-likeness (QED) is 0.111. The van der Waals surface area contributed by atoms with E-state index in [4.69, 9.17) is 20.4 Å². The second-order valence-corrected chi connectivity index (χ2v) is 12.3. The van der Waals surface area contributed by atoms with Gasteiger partial charge in [0.25, 0.3) is 0 Å². The molecule has 0 saturated heterocycles. The molecular formula is C33H37Br2F3N4O7. The maximum atomic E-state index is 13.1. The number of alkyl halides is 3. The Bertz CT molecular complexity index is 1490. The summed E-state index contributed by atoms with van der Waals surface area (Å²) in [6, 6.07) is 20.9. The van der Waals surface area contributed by atoms with E-state index in [0.29, 0.717) is 47.7 Å².